The van der Waals surface area contributed by atoms with Crippen LogP contribution in [0.3, 0.4) is 0 Å². The molecule has 29 heavy (non-hydrogen) atoms. The van der Waals surface area contributed by atoms with Crippen LogP contribution in [0, 0.1) is 0 Å². The highest BCUT2D eigenvalue weighted by atomic mass is 32.2. The third-order valence-corrected chi connectivity index (χ3v) is 6.63. The minimum absolute atomic E-state index is 0.0234. The first-order valence-corrected chi connectivity index (χ1v) is 11.7. The number of aromatic nitrogens is 1. The summed E-state index contributed by atoms with van der Waals surface area (Å²) in [6, 6.07) is 5.32. The molecule has 0 aliphatic carbocycles. The summed E-state index contributed by atoms with van der Waals surface area (Å²) in [5, 5.41) is 0. The van der Waals surface area contributed by atoms with E-state index in [4.69, 9.17) is 4.74 Å². The van der Waals surface area contributed by atoms with Gasteiger partial charge < -0.3 is 9.64 Å². The molecule has 1 fully saturated rings. The van der Waals surface area contributed by atoms with Crippen LogP contribution < -0.4 is 0 Å². The Morgan fingerprint density at radius 1 is 1.34 bits per heavy atom. The number of nitrogens with zero attached hydrogens (tertiary/aromatic N) is 3. The molecule has 2 rings (SSSR count). The van der Waals surface area contributed by atoms with Gasteiger partial charge in [-0.2, -0.15) is 4.31 Å². The van der Waals surface area contributed by atoms with Gasteiger partial charge in [0.25, 0.3) is 0 Å². The first-order chi connectivity index (χ1) is 13.6. The predicted molar refractivity (Wildman–Crippen MR) is 114 cm³/mol. The third-order valence-electron chi connectivity index (χ3n) is 4.74. The summed E-state index contributed by atoms with van der Waals surface area (Å²) >= 11 is 0. The predicted octanol–water partition coefficient (Wildman–Crippen LogP) is 3.58. The van der Waals surface area contributed by atoms with E-state index in [1.165, 1.54) is 0 Å². The third kappa shape index (κ3) is 7.44. The van der Waals surface area contributed by atoms with Gasteiger partial charge in [0, 0.05) is 25.3 Å². The Labute approximate surface area is 174 Å². The molecule has 1 aliphatic rings. The molecule has 0 spiro atoms. The number of allylic oxidation sites excluding steroid dienone is 1. The molecular weight excluding hydrogens is 390 g/mol. The number of ether oxygens (including phenoxy) is 1. The number of hydrogen-bond acceptors (Lipinski definition) is 5. The molecule has 0 bridgehead atoms. The van der Waals surface area contributed by atoms with Gasteiger partial charge in [0.1, 0.15) is 5.60 Å². The fourth-order valence-electron chi connectivity index (χ4n) is 3.33. The van der Waals surface area contributed by atoms with E-state index < -0.39 is 15.6 Å². The highest BCUT2D eigenvalue weighted by Gasteiger charge is 2.33. The van der Waals surface area contributed by atoms with Crippen molar-refractivity contribution in [2.24, 2.45) is 0 Å². The Bertz CT molecular complexity index is 775. The number of rotatable bonds is 7. The van der Waals surface area contributed by atoms with Gasteiger partial charge in [-0.25, -0.2) is 13.2 Å². The second-order valence-corrected chi connectivity index (χ2v) is 10.4. The molecule has 7 nitrogen and oxygen atoms in total. The molecule has 8 heteroatoms. The van der Waals surface area contributed by atoms with Crippen LogP contribution in [-0.4, -0.2) is 59.2 Å². The smallest absolute Gasteiger partial charge is 0.410 e. The van der Waals surface area contributed by atoms with E-state index in [1.807, 2.05) is 39.0 Å². The van der Waals surface area contributed by atoms with Gasteiger partial charge in [-0.15, -0.1) is 6.58 Å². The number of pyridine rings is 1. The van der Waals surface area contributed by atoms with Crippen LogP contribution in [0.1, 0.15) is 52.1 Å². The van der Waals surface area contributed by atoms with Gasteiger partial charge >= 0.3 is 6.09 Å². The van der Waals surface area contributed by atoms with Crippen LogP contribution in [0.15, 0.2) is 37.1 Å². The number of carbonyl (C=O) groups excluding carboxylic acids is 1. The normalized spacial score (nSPS) is 18.3. The van der Waals surface area contributed by atoms with Crippen molar-refractivity contribution in [3.8, 4) is 0 Å². The average molecular weight is 424 g/mol. The van der Waals surface area contributed by atoms with Crippen molar-refractivity contribution in [3.63, 3.8) is 0 Å². The van der Waals surface area contributed by atoms with Crippen molar-refractivity contribution in [2.45, 2.75) is 64.6 Å². The van der Waals surface area contributed by atoms with Gasteiger partial charge in [0.05, 0.1) is 18.0 Å². The standard InChI is InChI=1S/C21H33N3O4S/c1-5-6-16-29(26,27)24(17-18-10-7-8-13-22-18)19-11-9-14-23(15-12-19)20(25)28-21(2,3)4/h5,7-8,10,13,19H,1,6,9,11-12,14-17H2,2-4H3/t19-/m0/s1. The molecule has 0 saturated carbocycles. The maximum Gasteiger partial charge on any atom is 0.410 e. The number of sulfonamides is 1. The van der Waals surface area contributed by atoms with Crippen molar-refractivity contribution >= 4 is 16.1 Å². The van der Waals surface area contributed by atoms with E-state index in [0.29, 0.717) is 38.0 Å². The highest BCUT2D eigenvalue weighted by Crippen LogP contribution is 2.24. The van der Waals surface area contributed by atoms with Crippen LogP contribution in [0.5, 0.6) is 0 Å². The summed E-state index contributed by atoms with van der Waals surface area (Å²) in [6.45, 7) is 10.4. The van der Waals surface area contributed by atoms with Crippen LogP contribution in [0.4, 0.5) is 4.79 Å². The summed E-state index contributed by atoms with van der Waals surface area (Å²) in [5.74, 6) is 0.0234. The Morgan fingerprint density at radius 3 is 2.72 bits per heavy atom. The second-order valence-electron chi connectivity index (χ2n) is 8.31. The SMILES string of the molecule is C=CCCS(=O)(=O)N(Cc1ccccn1)[C@H]1CCCN(C(=O)OC(C)(C)C)CC1. The molecular formula is C21H33N3O4S. The molecule has 1 amide bonds. The number of carbonyl (C=O) groups is 1. The van der Waals surface area contributed by atoms with Crippen LogP contribution in [0.2, 0.25) is 0 Å². The lowest BCUT2D eigenvalue weighted by molar-refractivity contribution is 0.0255. The zero-order valence-corrected chi connectivity index (χ0v) is 18.5. The van der Waals surface area contributed by atoms with Crippen molar-refractivity contribution < 1.29 is 17.9 Å². The molecule has 1 atom stereocenters. The number of hydrogen-bond donors (Lipinski definition) is 0. The average Bonchev–Trinajstić information content (AvgIpc) is 2.90. The van der Waals surface area contributed by atoms with E-state index >= 15 is 0 Å². The molecule has 0 aromatic carbocycles. The summed E-state index contributed by atoms with van der Waals surface area (Å²) in [6.07, 6.45) is 5.33. The molecule has 0 N–H and O–H groups in total. The van der Waals surface area contributed by atoms with Gasteiger partial charge in [0.2, 0.25) is 10.0 Å². The minimum atomic E-state index is -3.48. The Kier molecular flexibility index (Phi) is 8.22. The molecule has 0 unspecified atom stereocenters. The lowest BCUT2D eigenvalue weighted by Gasteiger charge is -2.30. The molecule has 162 valence electrons. The number of likely N-dealkylation sites (tertiary alicyclic amines) is 1. The maximum absolute atomic E-state index is 13.1. The molecule has 2 heterocycles. The zero-order chi connectivity index (χ0) is 21.5. The minimum Gasteiger partial charge on any atom is -0.444 e. The highest BCUT2D eigenvalue weighted by molar-refractivity contribution is 7.89. The maximum atomic E-state index is 13.1. The molecule has 1 saturated heterocycles. The number of amides is 1. The topological polar surface area (TPSA) is 79.8 Å². The summed E-state index contributed by atoms with van der Waals surface area (Å²) < 4.78 is 33.2. The first-order valence-electron chi connectivity index (χ1n) is 10.1. The van der Waals surface area contributed by atoms with Crippen molar-refractivity contribution in [1.82, 2.24) is 14.2 Å². The second kappa shape index (κ2) is 10.2. The summed E-state index contributed by atoms with van der Waals surface area (Å²) in [4.78, 5) is 18.4. The lowest BCUT2D eigenvalue weighted by atomic mass is 10.1. The van der Waals surface area contributed by atoms with Crippen LogP contribution in [0.25, 0.3) is 0 Å². The van der Waals surface area contributed by atoms with Crippen LogP contribution in [-0.2, 0) is 21.3 Å². The van der Waals surface area contributed by atoms with Gasteiger partial charge in [-0.1, -0.05) is 12.1 Å². The molecule has 1 aromatic rings. The van der Waals surface area contributed by atoms with E-state index in [9.17, 15) is 13.2 Å². The monoisotopic (exact) mass is 423 g/mol. The lowest BCUT2D eigenvalue weighted by Crippen LogP contribution is -2.42. The van der Waals surface area contributed by atoms with Gasteiger partial charge in [-0.05, 0) is 58.6 Å². The first kappa shape index (κ1) is 23.3. The summed E-state index contributed by atoms with van der Waals surface area (Å²) in [7, 11) is -3.48. The van der Waals surface area contributed by atoms with Crippen LogP contribution >= 0.6 is 0 Å². The van der Waals surface area contributed by atoms with Gasteiger partial charge in [-0.3, -0.25) is 4.98 Å². The van der Waals surface area contributed by atoms with E-state index in [-0.39, 0.29) is 24.4 Å². The van der Waals surface area contributed by atoms with E-state index in [0.717, 1.165) is 6.42 Å². The largest absolute Gasteiger partial charge is 0.444 e. The molecule has 1 aromatic heterocycles. The molecule has 0 radical (unpaired) electrons. The van der Waals surface area contributed by atoms with E-state index in [2.05, 4.69) is 11.6 Å². The Hall–Kier alpha value is -1.93. The Morgan fingerprint density at radius 2 is 2.10 bits per heavy atom. The fourth-order valence-corrected chi connectivity index (χ4v) is 5.02. The fraction of sp³-hybridized carbons (Fsp3) is 0.619. The van der Waals surface area contributed by atoms with Gasteiger partial charge in [0.15, 0.2) is 0 Å². The molecule has 1 aliphatic heterocycles. The zero-order valence-electron chi connectivity index (χ0n) is 17.7. The van der Waals surface area contributed by atoms with Crippen molar-refractivity contribution in [3.05, 3.63) is 42.7 Å². The van der Waals surface area contributed by atoms with Crippen molar-refractivity contribution in [2.75, 3.05) is 18.8 Å². The van der Waals surface area contributed by atoms with Crippen molar-refractivity contribution in [1.29, 1.82) is 0 Å². The quantitative estimate of drug-likeness (QED) is 0.626. The summed E-state index contributed by atoms with van der Waals surface area (Å²) in [5.41, 5.74) is 0.157. The van der Waals surface area contributed by atoms with E-state index in [1.54, 1.807) is 21.5 Å². The Balaban J connectivity index is 2.16.